The Labute approximate surface area is 206 Å². The van der Waals surface area contributed by atoms with Crippen molar-refractivity contribution < 1.29 is 35.9 Å². The molecular weight excluding hydrogens is 486 g/mol. The van der Waals surface area contributed by atoms with Crippen molar-refractivity contribution >= 4 is 5.91 Å². The zero-order valence-corrected chi connectivity index (χ0v) is 20.6. The fourth-order valence-corrected chi connectivity index (χ4v) is 4.85. The lowest BCUT2D eigenvalue weighted by Gasteiger charge is -2.45. The minimum Gasteiger partial charge on any atom is -0.496 e. The summed E-state index contributed by atoms with van der Waals surface area (Å²) in [5, 5.41) is 2.74. The molecule has 1 heterocycles. The number of carbonyl (C=O) groups is 1. The second-order valence-electron chi connectivity index (χ2n) is 9.46. The van der Waals surface area contributed by atoms with Crippen LogP contribution in [0.1, 0.15) is 66.7 Å². The minimum absolute atomic E-state index is 0.0455. The Balaban J connectivity index is 2.14. The highest BCUT2D eigenvalue weighted by atomic mass is 19.4. The molecule has 1 aliphatic rings. The van der Waals surface area contributed by atoms with Crippen molar-refractivity contribution in [3.8, 4) is 5.75 Å². The number of methoxy groups -OCH3 is 1. The third-order valence-corrected chi connectivity index (χ3v) is 7.07. The number of hydrogen-bond acceptors (Lipinski definition) is 3. The maximum atomic E-state index is 13.9. The van der Waals surface area contributed by atoms with Gasteiger partial charge in [-0.2, -0.15) is 26.3 Å². The number of rotatable bonds is 7. The summed E-state index contributed by atoms with van der Waals surface area (Å²) >= 11 is 0. The van der Waals surface area contributed by atoms with Gasteiger partial charge in [0.25, 0.3) is 5.91 Å². The van der Waals surface area contributed by atoms with Gasteiger partial charge >= 0.3 is 12.4 Å². The Morgan fingerprint density at radius 1 is 1.11 bits per heavy atom. The van der Waals surface area contributed by atoms with Crippen LogP contribution in [0, 0.1) is 5.92 Å². The number of hydrogen-bond donors (Lipinski definition) is 1. The standard InChI is InChI=1S/C26H30F6N2O2/c1-5-24(3,34-12-11-16(2)15-34)22(17-9-7-6-8-10-17)33-23(35)21-19(26(30,31)32)13-18(25(27,28)29)14-20(21)36-4/h6-10,13-14,16,22H,5,11-12,15H2,1-4H3,(H,33,35). The van der Waals surface area contributed by atoms with Crippen molar-refractivity contribution in [3.63, 3.8) is 0 Å². The quantitative estimate of drug-likeness (QED) is 0.416. The molecule has 1 N–H and O–H groups in total. The van der Waals surface area contributed by atoms with Crippen molar-refractivity contribution in [1.82, 2.24) is 10.2 Å². The molecule has 1 amide bonds. The Hall–Kier alpha value is -2.75. The number of amides is 1. The van der Waals surface area contributed by atoms with Gasteiger partial charge in [-0.25, -0.2) is 0 Å². The highest BCUT2D eigenvalue weighted by Gasteiger charge is 2.45. The Morgan fingerprint density at radius 2 is 1.75 bits per heavy atom. The minimum atomic E-state index is -5.22. The van der Waals surface area contributed by atoms with E-state index in [1.54, 1.807) is 30.3 Å². The first-order valence-electron chi connectivity index (χ1n) is 11.7. The molecule has 3 unspecified atom stereocenters. The number of nitrogens with one attached hydrogen (secondary N) is 1. The molecule has 10 heteroatoms. The summed E-state index contributed by atoms with van der Waals surface area (Å²) in [6.45, 7) is 7.49. The third-order valence-electron chi connectivity index (χ3n) is 7.07. The number of ether oxygens (including phenoxy) is 1. The largest absolute Gasteiger partial charge is 0.496 e. The maximum absolute atomic E-state index is 13.9. The van der Waals surface area contributed by atoms with E-state index in [0.717, 1.165) is 26.6 Å². The van der Waals surface area contributed by atoms with Gasteiger partial charge in [0.2, 0.25) is 0 Å². The molecule has 0 bridgehead atoms. The van der Waals surface area contributed by atoms with Gasteiger partial charge < -0.3 is 10.1 Å². The number of nitrogens with zero attached hydrogens (tertiary/aromatic N) is 1. The number of alkyl halides is 6. The average Bonchev–Trinajstić information content (AvgIpc) is 3.27. The van der Waals surface area contributed by atoms with Gasteiger partial charge in [0.15, 0.2) is 0 Å². The van der Waals surface area contributed by atoms with E-state index >= 15 is 0 Å². The van der Waals surface area contributed by atoms with Crippen LogP contribution in [0.15, 0.2) is 42.5 Å². The van der Waals surface area contributed by atoms with Crippen LogP contribution in [0.2, 0.25) is 0 Å². The first-order valence-corrected chi connectivity index (χ1v) is 11.7. The Morgan fingerprint density at radius 3 is 2.22 bits per heavy atom. The van der Waals surface area contributed by atoms with Gasteiger partial charge in [0, 0.05) is 12.1 Å². The van der Waals surface area contributed by atoms with Gasteiger partial charge in [0.05, 0.1) is 29.8 Å². The molecule has 2 aromatic rings. The molecular formula is C26H30F6N2O2. The molecule has 4 nitrogen and oxygen atoms in total. The summed E-state index contributed by atoms with van der Waals surface area (Å²) in [6, 6.07) is 8.48. The van der Waals surface area contributed by atoms with Crippen LogP contribution in [-0.4, -0.2) is 36.5 Å². The van der Waals surface area contributed by atoms with Gasteiger partial charge in [0.1, 0.15) is 5.75 Å². The SMILES string of the molecule is CCC(C)(C(NC(=O)c1c(OC)cc(C(F)(F)F)cc1C(F)(F)F)c1ccccc1)N1CCC(C)C1. The lowest BCUT2D eigenvalue weighted by Crippen LogP contribution is -2.54. The summed E-state index contributed by atoms with van der Waals surface area (Å²) in [6.07, 6.45) is -8.77. The smallest absolute Gasteiger partial charge is 0.417 e. The Bertz CT molecular complexity index is 1070. The van der Waals surface area contributed by atoms with Gasteiger partial charge in [-0.15, -0.1) is 0 Å². The highest BCUT2D eigenvalue weighted by Crippen LogP contribution is 2.43. The topological polar surface area (TPSA) is 41.6 Å². The normalized spacial score (nSPS) is 19.6. The highest BCUT2D eigenvalue weighted by molar-refractivity contribution is 5.99. The molecule has 0 spiro atoms. The first-order chi connectivity index (χ1) is 16.7. The lowest BCUT2D eigenvalue weighted by molar-refractivity contribution is -0.143. The number of halogens is 6. The zero-order valence-electron chi connectivity index (χ0n) is 20.6. The molecule has 0 saturated carbocycles. The van der Waals surface area contributed by atoms with Crippen LogP contribution in [0.4, 0.5) is 26.3 Å². The van der Waals surface area contributed by atoms with Crippen molar-refractivity contribution in [2.45, 2.75) is 57.5 Å². The molecule has 1 fully saturated rings. The zero-order chi connectivity index (χ0) is 26.9. The fraction of sp³-hybridized carbons (Fsp3) is 0.500. The molecule has 0 radical (unpaired) electrons. The predicted octanol–water partition coefficient (Wildman–Crippen LogP) is 6.71. The van der Waals surface area contributed by atoms with E-state index in [4.69, 9.17) is 4.74 Å². The van der Waals surface area contributed by atoms with Crippen LogP contribution in [0.25, 0.3) is 0 Å². The number of likely N-dealkylation sites (tertiary alicyclic amines) is 1. The summed E-state index contributed by atoms with van der Waals surface area (Å²) in [5.41, 5.74) is -4.22. The van der Waals surface area contributed by atoms with Crippen molar-refractivity contribution in [3.05, 3.63) is 64.7 Å². The molecule has 3 rings (SSSR count). The Kier molecular flexibility index (Phi) is 7.98. The van der Waals surface area contributed by atoms with Gasteiger partial charge in [-0.1, -0.05) is 44.2 Å². The second kappa shape index (κ2) is 10.3. The summed E-state index contributed by atoms with van der Waals surface area (Å²) in [7, 11) is 0.933. The second-order valence-corrected chi connectivity index (χ2v) is 9.46. The van der Waals surface area contributed by atoms with Gasteiger partial charge in [-0.05, 0) is 49.9 Å². The molecule has 1 aliphatic heterocycles. The van der Waals surface area contributed by atoms with E-state index in [9.17, 15) is 31.1 Å². The van der Waals surface area contributed by atoms with E-state index < -0.39 is 52.3 Å². The van der Waals surface area contributed by atoms with E-state index in [1.165, 1.54) is 0 Å². The van der Waals surface area contributed by atoms with Crippen molar-refractivity contribution in [1.29, 1.82) is 0 Å². The van der Waals surface area contributed by atoms with Crippen LogP contribution in [-0.2, 0) is 12.4 Å². The lowest BCUT2D eigenvalue weighted by atomic mass is 9.82. The summed E-state index contributed by atoms with van der Waals surface area (Å²) < 4.78 is 86.6. The molecule has 1 saturated heterocycles. The van der Waals surface area contributed by atoms with E-state index in [1.807, 2.05) is 13.8 Å². The first kappa shape index (κ1) is 27.8. The van der Waals surface area contributed by atoms with Crippen LogP contribution in [0.5, 0.6) is 5.75 Å². The molecule has 0 aliphatic carbocycles. The fourth-order valence-electron chi connectivity index (χ4n) is 4.85. The number of carbonyl (C=O) groups excluding carboxylic acids is 1. The van der Waals surface area contributed by atoms with Crippen LogP contribution < -0.4 is 10.1 Å². The maximum Gasteiger partial charge on any atom is 0.417 e. The average molecular weight is 517 g/mol. The van der Waals surface area contributed by atoms with Crippen LogP contribution >= 0.6 is 0 Å². The van der Waals surface area contributed by atoms with E-state index in [2.05, 4.69) is 17.1 Å². The molecule has 3 atom stereocenters. The predicted molar refractivity (Wildman–Crippen MR) is 124 cm³/mol. The van der Waals surface area contributed by atoms with E-state index in [0.29, 0.717) is 24.0 Å². The van der Waals surface area contributed by atoms with Gasteiger partial charge in [-0.3, -0.25) is 9.69 Å². The van der Waals surface area contributed by atoms with Crippen LogP contribution in [0.3, 0.4) is 0 Å². The summed E-state index contributed by atoms with van der Waals surface area (Å²) in [4.78, 5) is 15.7. The van der Waals surface area contributed by atoms with E-state index in [-0.39, 0.29) is 6.07 Å². The molecule has 198 valence electrons. The van der Waals surface area contributed by atoms with Crippen molar-refractivity contribution in [2.24, 2.45) is 5.92 Å². The molecule has 2 aromatic carbocycles. The summed E-state index contributed by atoms with van der Waals surface area (Å²) in [5.74, 6) is -1.54. The monoisotopic (exact) mass is 516 g/mol. The molecule has 0 aromatic heterocycles. The molecule has 36 heavy (non-hydrogen) atoms. The third kappa shape index (κ3) is 5.63. The van der Waals surface area contributed by atoms with Crippen molar-refractivity contribution in [2.75, 3.05) is 20.2 Å². The number of benzene rings is 2.